The van der Waals surface area contributed by atoms with Gasteiger partial charge in [0.1, 0.15) is 4.88 Å². The van der Waals surface area contributed by atoms with Gasteiger partial charge in [-0.2, -0.15) is 0 Å². The van der Waals surface area contributed by atoms with Crippen molar-refractivity contribution in [1.82, 2.24) is 9.80 Å². The first kappa shape index (κ1) is 26.9. The Morgan fingerprint density at radius 2 is 1.54 bits per heavy atom. The van der Waals surface area contributed by atoms with E-state index < -0.39 is 11.9 Å². The van der Waals surface area contributed by atoms with Crippen molar-refractivity contribution in [1.29, 1.82) is 0 Å². The molecule has 0 spiro atoms. The minimum absolute atomic E-state index is 0.0696. The second-order valence-electron chi connectivity index (χ2n) is 8.28. The number of anilines is 1. The molecule has 12 heteroatoms. The predicted octanol–water partition coefficient (Wildman–Crippen LogP) is 4.18. The van der Waals surface area contributed by atoms with Crippen LogP contribution in [-0.4, -0.2) is 80.5 Å². The first-order chi connectivity index (χ1) is 17.7. The average molecular weight is 564 g/mol. The normalized spacial score (nSPS) is 13.9. The van der Waals surface area contributed by atoms with Crippen LogP contribution in [0.5, 0.6) is 0 Å². The molecule has 2 heterocycles. The number of methoxy groups -OCH3 is 2. The Kier molecular flexibility index (Phi) is 8.33. The summed E-state index contributed by atoms with van der Waals surface area (Å²) in [6.45, 7) is 1.91. The first-order valence-corrected chi connectivity index (χ1v) is 12.8. The summed E-state index contributed by atoms with van der Waals surface area (Å²) >= 11 is 13.8. The zero-order valence-electron chi connectivity index (χ0n) is 20.0. The number of benzene rings is 2. The highest BCUT2D eigenvalue weighted by molar-refractivity contribution is 7.21. The molecule has 0 aliphatic carbocycles. The minimum Gasteiger partial charge on any atom is -0.465 e. The zero-order valence-corrected chi connectivity index (χ0v) is 22.3. The number of hydrogen-bond acceptors (Lipinski definition) is 8. The molecule has 0 saturated carbocycles. The third-order valence-corrected chi connectivity index (χ3v) is 7.75. The third-order valence-electron chi connectivity index (χ3n) is 5.87. The van der Waals surface area contributed by atoms with E-state index in [1.807, 2.05) is 4.90 Å². The van der Waals surface area contributed by atoms with Gasteiger partial charge in [-0.25, -0.2) is 9.59 Å². The Morgan fingerprint density at radius 1 is 0.919 bits per heavy atom. The highest BCUT2D eigenvalue weighted by Gasteiger charge is 2.27. The summed E-state index contributed by atoms with van der Waals surface area (Å²) in [5.41, 5.74) is 0.478. The maximum absolute atomic E-state index is 13.1. The molecule has 1 fully saturated rings. The fraction of sp³-hybridized carbons (Fsp3) is 0.280. The highest BCUT2D eigenvalue weighted by atomic mass is 35.5. The molecule has 3 aromatic rings. The van der Waals surface area contributed by atoms with Crippen molar-refractivity contribution in [3.8, 4) is 0 Å². The monoisotopic (exact) mass is 563 g/mol. The van der Waals surface area contributed by atoms with E-state index in [1.54, 1.807) is 23.1 Å². The van der Waals surface area contributed by atoms with Gasteiger partial charge >= 0.3 is 11.9 Å². The van der Waals surface area contributed by atoms with Crippen LogP contribution >= 0.6 is 34.5 Å². The van der Waals surface area contributed by atoms with E-state index in [0.717, 1.165) is 10.1 Å². The molecule has 4 rings (SSSR count). The lowest BCUT2D eigenvalue weighted by molar-refractivity contribution is -0.117. The lowest BCUT2D eigenvalue weighted by atomic mass is 10.1. The molecule has 1 N–H and O–H groups in total. The smallest absolute Gasteiger partial charge is 0.337 e. The molecule has 37 heavy (non-hydrogen) atoms. The fourth-order valence-electron chi connectivity index (χ4n) is 4.00. The summed E-state index contributed by atoms with van der Waals surface area (Å²) in [6, 6.07) is 9.52. The maximum atomic E-state index is 13.1. The molecule has 9 nitrogen and oxygen atoms in total. The summed E-state index contributed by atoms with van der Waals surface area (Å²) in [5.74, 6) is -1.78. The molecule has 2 aromatic carbocycles. The number of carbonyl (C=O) groups is 4. The van der Waals surface area contributed by atoms with Crippen molar-refractivity contribution in [3.05, 3.63) is 62.4 Å². The lowest BCUT2D eigenvalue weighted by Crippen LogP contribution is -2.50. The van der Waals surface area contributed by atoms with Gasteiger partial charge < -0.3 is 19.7 Å². The number of fused-ring (bicyclic) bond motifs is 1. The molecule has 1 aliphatic rings. The van der Waals surface area contributed by atoms with E-state index in [9.17, 15) is 19.2 Å². The van der Waals surface area contributed by atoms with Crippen LogP contribution in [0.15, 0.2) is 36.4 Å². The van der Waals surface area contributed by atoms with E-state index in [2.05, 4.69) is 5.32 Å². The van der Waals surface area contributed by atoms with Gasteiger partial charge in [0.15, 0.2) is 0 Å². The number of amides is 2. The topological polar surface area (TPSA) is 105 Å². The largest absolute Gasteiger partial charge is 0.465 e. The van der Waals surface area contributed by atoms with Crippen molar-refractivity contribution in [2.24, 2.45) is 0 Å². The number of nitrogens with one attached hydrogen (secondary N) is 1. The van der Waals surface area contributed by atoms with Crippen LogP contribution in [0.2, 0.25) is 10.0 Å². The van der Waals surface area contributed by atoms with Gasteiger partial charge in [-0.15, -0.1) is 11.3 Å². The van der Waals surface area contributed by atoms with Crippen LogP contribution in [0.4, 0.5) is 5.69 Å². The molecular formula is C25H23Cl2N3O6S. The molecule has 1 aliphatic heterocycles. The average Bonchev–Trinajstić information content (AvgIpc) is 3.22. The molecule has 1 saturated heterocycles. The molecule has 0 unspecified atom stereocenters. The second kappa shape index (κ2) is 11.5. The van der Waals surface area contributed by atoms with Gasteiger partial charge in [-0.3, -0.25) is 14.5 Å². The summed E-state index contributed by atoms with van der Waals surface area (Å²) in [6.07, 6.45) is 0. The Morgan fingerprint density at radius 3 is 2.14 bits per heavy atom. The molecule has 0 atom stereocenters. The Labute approximate surface area is 226 Å². The van der Waals surface area contributed by atoms with Crippen molar-refractivity contribution < 1.29 is 28.7 Å². The van der Waals surface area contributed by atoms with Crippen molar-refractivity contribution in [2.45, 2.75) is 0 Å². The summed E-state index contributed by atoms with van der Waals surface area (Å²) < 4.78 is 10.3. The second-order valence-corrected chi connectivity index (χ2v) is 10.2. The van der Waals surface area contributed by atoms with E-state index >= 15 is 0 Å². The third kappa shape index (κ3) is 6.04. The first-order valence-electron chi connectivity index (χ1n) is 11.2. The number of hydrogen-bond donors (Lipinski definition) is 1. The lowest BCUT2D eigenvalue weighted by Gasteiger charge is -2.34. The Hall–Kier alpha value is -3.18. The minimum atomic E-state index is -0.649. The number of thiophene rings is 1. The number of piperazine rings is 1. The van der Waals surface area contributed by atoms with Crippen LogP contribution in [0.25, 0.3) is 10.1 Å². The highest BCUT2D eigenvalue weighted by Crippen LogP contribution is 2.37. The molecule has 2 amide bonds. The Bertz CT molecular complexity index is 1350. The van der Waals surface area contributed by atoms with Gasteiger partial charge in [0.2, 0.25) is 5.91 Å². The summed E-state index contributed by atoms with van der Waals surface area (Å²) in [5, 5.41) is 4.50. The van der Waals surface area contributed by atoms with Crippen LogP contribution < -0.4 is 5.32 Å². The van der Waals surface area contributed by atoms with Gasteiger partial charge in [0.25, 0.3) is 5.91 Å². The molecule has 0 bridgehead atoms. The number of esters is 2. The van der Waals surface area contributed by atoms with Crippen LogP contribution in [-0.2, 0) is 14.3 Å². The quantitative estimate of drug-likeness (QED) is 0.448. The number of rotatable bonds is 6. The SMILES string of the molecule is COC(=O)c1cc(NC(=O)CN2CCN(C(=O)c3sc4cc(Cl)ccc4c3Cl)CC2)cc(C(=O)OC)c1. The molecular weight excluding hydrogens is 541 g/mol. The molecule has 0 radical (unpaired) electrons. The van der Waals surface area contributed by atoms with Crippen molar-refractivity contribution in [2.75, 3.05) is 52.3 Å². The van der Waals surface area contributed by atoms with Crippen molar-refractivity contribution in [3.63, 3.8) is 0 Å². The summed E-state index contributed by atoms with van der Waals surface area (Å²) in [7, 11) is 2.44. The number of ether oxygens (including phenoxy) is 2. The van der Waals surface area contributed by atoms with E-state index in [1.165, 1.54) is 43.8 Å². The van der Waals surface area contributed by atoms with E-state index in [-0.39, 0.29) is 35.2 Å². The van der Waals surface area contributed by atoms with Gasteiger partial charge in [0.05, 0.1) is 36.9 Å². The Balaban J connectivity index is 1.37. The predicted molar refractivity (Wildman–Crippen MR) is 142 cm³/mol. The number of halogens is 2. The van der Waals surface area contributed by atoms with Crippen LogP contribution in [0.1, 0.15) is 30.4 Å². The number of nitrogens with zero attached hydrogens (tertiary/aromatic N) is 2. The van der Waals surface area contributed by atoms with E-state index in [4.69, 9.17) is 32.7 Å². The maximum Gasteiger partial charge on any atom is 0.337 e. The summed E-state index contributed by atoms with van der Waals surface area (Å²) in [4.78, 5) is 53.8. The van der Waals surface area contributed by atoms with Crippen LogP contribution in [0.3, 0.4) is 0 Å². The van der Waals surface area contributed by atoms with Crippen molar-refractivity contribution >= 4 is 74.1 Å². The van der Waals surface area contributed by atoms with E-state index in [0.29, 0.717) is 41.1 Å². The zero-order chi connectivity index (χ0) is 26.7. The molecule has 1 aromatic heterocycles. The standard InChI is InChI=1S/C25H23Cl2N3O6S/c1-35-24(33)14-9-15(25(34)36-2)11-17(10-14)28-20(31)13-29-5-7-30(8-6-29)23(32)22-21(27)18-4-3-16(26)12-19(18)37-22/h3-4,9-12H,5-8,13H2,1-2H3,(H,28,31). The number of carbonyl (C=O) groups excluding carboxylic acids is 4. The van der Waals surface area contributed by atoms with Gasteiger partial charge in [-0.1, -0.05) is 29.3 Å². The molecule has 194 valence electrons. The fourth-order valence-corrected chi connectivity index (χ4v) is 5.76. The van der Waals surface area contributed by atoms with Crippen LogP contribution in [0, 0.1) is 0 Å². The van der Waals surface area contributed by atoms with Gasteiger partial charge in [-0.05, 0) is 30.3 Å². The van der Waals surface area contributed by atoms with Gasteiger partial charge in [0, 0.05) is 47.0 Å².